The minimum atomic E-state index is -0.267. The molecule has 0 N–H and O–H groups in total. The van der Waals surface area contributed by atoms with Crippen molar-refractivity contribution in [2.45, 2.75) is 52.1 Å². The van der Waals surface area contributed by atoms with E-state index in [0.717, 1.165) is 29.8 Å². The van der Waals surface area contributed by atoms with Gasteiger partial charge in [0.15, 0.2) is 0 Å². The van der Waals surface area contributed by atoms with Crippen LogP contribution in [-0.2, 0) is 26.4 Å². The maximum Gasteiger partial charge on any atom is 0 e. The molecule has 0 heterocycles. The van der Waals surface area contributed by atoms with Crippen molar-refractivity contribution in [2.24, 2.45) is 23.7 Å². The molecule has 0 bridgehead atoms. The maximum atomic E-state index is 8.36. The molecule has 2 aliphatic carbocycles. The van der Waals surface area contributed by atoms with E-state index < -0.39 is 0 Å². The Labute approximate surface area is 229 Å². The van der Waals surface area contributed by atoms with E-state index in [-0.39, 0.29) is 30.9 Å². The zero-order valence-electron chi connectivity index (χ0n) is 21.4. The van der Waals surface area contributed by atoms with Gasteiger partial charge in [0.25, 0.3) is 0 Å². The first-order valence-corrected chi connectivity index (χ1v) is 13.5. The van der Waals surface area contributed by atoms with Crippen LogP contribution in [0.3, 0.4) is 0 Å². The van der Waals surface area contributed by atoms with Crippen LogP contribution in [0.5, 0.6) is 0 Å². The van der Waals surface area contributed by atoms with Crippen molar-refractivity contribution in [2.75, 3.05) is 0 Å². The fraction of sp³-hybridized carbons (Fsp3) is 0.387. The molecule has 36 heavy (non-hydrogen) atoms. The van der Waals surface area contributed by atoms with Crippen molar-refractivity contribution in [1.29, 1.82) is 5.26 Å². The predicted octanol–water partition coefficient (Wildman–Crippen LogP) is 7.14. The number of hydrogen-bond acceptors (Lipinski definition) is 1. The van der Waals surface area contributed by atoms with E-state index >= 15 is 0 Å². The molecule has 2 aliphatic rings. The van der Waals surface area contributed by atoms with E-state index in [9.17, 15) is 0 Å². The van der Waals surface area contributed by atoms with Crippen molar-refractivity contribution in [1.82, 2.24) is 0 Å². The molecule has 0 saturated heterocycles. The van der Waals surface area contributed by atoms with E-state index in [1.165, 1.54) is 19.3 Å². The second kappa shape index (κ2) is 20.0. The monoisotopic (exact) mass is 541 g/mol. The number of allylic oxidation sites excluding steroid dienone is 4. The van der Waals surface area contributed by atoms with Crippen LogP contribution in [-0.4, -0.2) is 5.66 Å². The fourth-order valence-electron chi connectivity index (χ4n) is 4.83. The van der Waals surface area contributed by atoms with Crippen LogP contribution in [0.25, 0.3) is 0 Å². The van der Waals surface area contributed by atoms with Crippen LogP contribution in [0, 0.1) is 48.3 Å². The van der Waals surface area contributed by atoms with Gasteiger partial charge < -0.3 is 0 Å². The Bertz CT molecular complexity index is 934. The first-order chi connectivity index (χ1) is 17.1. The van der Waals surface area contributed by atoms with Gasteiger partial charge in [-0.3, -0.25) is 0 Å². The van der Waals surface area contributed by atoms with Gasteiger partial charge in [-0.05, 0) is 61.2 Å². The summed E-state index contributed by atoms with van der Waals surface area (Å²) in [7, 11) is -0.267. The summed E-state index contributed by atoms with van der Waals surface area (Å²) in [4.78, 5) is 0. The Balaban J connectivity index is 0.000000794. The topological polar surface area (TPSA) is 63.6 Å². The zero-order valence-corrected chi connectivity index (χ0v) is 23.4. The van der Waals surface area contributed by atoms with Gasteiger partial charge in [0.05, 0.1) is 12.0 Å². The summed E-state index contributed by atoms with van der Waals surface area (Å²) in [6, 6.07) is 24.7. The van der Waals surface area contributed by atoms with Crippen LogP contribution in [0.1, 0.15) is 46.5 Å². The van der Waals surface area contributed by atoms with Crippen molar-refractivity contribution in [3.63, 3.8) is 0 Å². The SMILES string of the molecule is CC(C)[C@@H]1CC[C@@H](C)C[C@@H]1P(c1ccccc1)c1ccccc1.N#C[C@@H]1C=CC=CC1.[C-]#[O+].[C-]#[O+].[Fe]. The number of nitrogens with zero attached hydrogens (tertiary/aromatic N) is 1. The Kier molecular flexibility index (Phi) is 18.8. The van der Waals surface area contributed by atoms with Crippen molar-refractivity contribution in [3.05, 3.63) is 98.3 Å². The largest absolute Gasteiger partial charge is 0 e. The number of nitriles is 1. The first-order valence-electron chi connectivity index (χ1n) is 12.1. The van der Waals surface area contributed by atoms with Crippen molar-refractivity contribution in [3.8, 4) is 6.07 Å². The summed E-state index contributed by atoms with van der Waals surface area (Å²) < 4.78 is 15.0. The third-order valence-electron chi connectivity index (χ3n) is 6.53. The van der Waals surface area contributed by atoms with Gasteiger partial charge in [-0.2, -0.15) is 5.26 Å². The second-order valence-electron chi connectivity index (χ2n) is 9.22. The van der Waals surface area contributed by atoms with Gasteiger partial charge >= 0.3 is 22.6 Å². The molecule has 5 heteroatoms. The van der Waals surface area contributed by atoms with Gasteiger partial charge in [-0.1, -0.05) is 112 Å². The second-order valence-corrected chi connectivity index (χ2v) is 11.7. The molecule has 2 aromatic carbocycles. The average Bonchev–Trinajstić information content (AvgIpc) is 2.93. The summed E-state index contributed by atoms with van der Waals surface area (Å²) in [5.41, 5.74) is 0.818. The minimum absolute atomic E-state index is 0. The number of hydrogen-bond donors (Lipinski definition) is 0. The quantitative estimate of drug-likeness (QED) is 0.176. The summed E-state index contributed by atoms with van der Waals surface area (Å²) >= 11 is 0. The third kappa shape index (κ3) is 10.8. The average molecular weight is 541 g/mol. The van der Waals surface area contributed by atoms with Gasteiger partial charge in [0.1, 0.15) is 0 Å². The molecule has 0 spiro atoms. The summed E-state index contributed by atoms with van der Waals surface area (Å²) in [6.45, 7) is 16.3. The molecule has 190 valence electrons. The molecule has 0 unspecified atom stereocenters. The van der Waals surface area contributed by atoms with E-state index in [1.807, 2.05) is 24.3 Å². The summed E-state index contributed by atoms with van der Waals surface area (Å²) in [5.74, 6) is 2.63. The molecule has 0 radical (unpaired) electrons. The van der Waals surface area contributed by atoms with Crippen LogP contribution in [0.4, 0.5) is 0 Å². The molecule has 1 fully saturated rings. The van der Waals surface area contributed by atoms with E-state index in [4.69, 9.17) is 14.6 Å². The predicted molar refractivity (Wildman–Crippen MR) is 144 cm³/mol. The molecule has 0 aromatic heterocycles. The van der Waals surface area contributed by atoms with E-state index in [1.54, 1.807) is 10.6 Å². The Hall–Kier alpha value is -2.16. The number of rotatable bonds is 4. The normalized spacial score (nSPS) is 21.7. The zero-order chi connectivity index (χ0) is 26.1. The molecular weight excluding hydrogens is 505 g/mol. The van der Waals surface area contributed by atoms with E-state index in [0.29, 0.717) is 0 Å². The van der Waals surface area contributed by atoms with Crippen molar-refractivity contribution < 1.29 is 26.4 Å². The fourth-order valence-corrected chi connectivity index (χ4v) is 8.33. The van der Waals surface area contributed by atoms with Gasteiger partial charge in [0.2, 0.25) is 0 Å². The van der Waals surface area contributed by atoms with Gasteiger partial charge in [0, 0.05) is 17.1 Å². The smallest absolute Gasteiger partial charge is 0 e. The molecule has 1 saturated carbocycles. The van der Waals surface area contributed by atoms with E-state index in [2.05, 4.69) is 101 Å². The van der Waals surface area contributed by atoms with Crippen LogP contribution < -0.4 is 10.6 Å². The van der Waals surface area contributed by atoms with Crippen LogP contribution >= 0.6 is 7.92 Å². The standard InChI is InChI=1S/C22H29P.C7H7N.2CO.Fe/c1-17(2)21-15-14-18(3)16-22(21)23(19-10-6-4-7-11-19)20-12-8-5-9-13-20;8-6-7-4-2-1-3-5-7;2*1-2;/h4-13,17-18,21-22H,14-16H2,1-3H3;1-4,7H,5H2;;;/t18-,21+,22+;7-;;;/m11.../s1. The Morgan fingerprint density at radius 3 is 1.81 bits per heavy atom. The molecular formula is C31H36FeNO2P. The molecule has 4 atom stereocenters. The first kappa shape index (κ1) is 33.8. The molecule has 0 amide bonds. The summed E-state index contributed by atoms with van der Waals surface area (Å²) in [6.07, 6.45) is 12.9. The third-order valence-corrected chi connectivity index (χ3v) is 9.50. The summed E-state index contributed by atoms with van der Waals surface area (Å²) in [5, 5.41) is 11.5. The Morgan fingerprint density at radius 2 is 1.42 bits per heavy atom. The minimum Gasteiger partial charge on any atom is 0 e. The number of benzene rings is 2. The van der Waals surface area contributed by atoms with Crippen LogP contribution in [0.15, 0.2) is 85.0 Å². The molecule has 2 aromatic rings. The van der Waals surface area contributed by atoms with Crippen LogP contribution in [0.2, 0.25) is 0 Å². The van der Waals surface area contributed by atoms with Gasteiger partial charge in [-0.25, -0.2) is 0 Å². The molecule has 4 rings (SSSR count). The van der Waals surface area contributed by atoms with Gasteiger partial charge in [-0.15, -0.1) is 0 Å². The maximum absolute atomic E-state index is 8.36. The Morgan fingerprint density at radius 1 is 0.889 bits per heavy atom. The molecule has 0 aliphatic heterocycles. The molecule has 3 nitrogen and oxygen atoms in total. The van der Waals surface area contributed by atoms with Crippen molar-refractivity contribution >= 4 is 18.5 Å².